The topological polar surface area (TPSA) is 26.0 Å². The van der Waals surface area contributed by atoms with Crippen molar-refractivity contribution in [2.24, 2.45) is 23.5 Å². The molecule has 0 radical (unpaired) electrons. The first-order valence-electron chi connectivity index (χ1n) is 6.51. The van der Waals surface area contributed by atoms with Crippen molar-refractivity contribution in [3.05, 3.63) is 21.4 Å². The Morgan fingerprint density at radius 3 is 2.38 bits per heavy atom. The highest BCUT2D eigenvalue weighted by molar-refractivity contribution is 7.12. The van der Waals surface area contributed by atoms with Gasteiger partial charge in [-0.15, -0.1) is 11.3 Å². The second-order valence-corrected chi connectivity index (χ2v) is 7.04. The highest BCUT2D eigenvalue weighted by atomic mass is 32.1. The Bertz CT molecular complexity index is 383. The van der Waals surface area contributed by atoms with Gasteiger partial charge in [0.2, 0.25) is 0 Å². The summed E-state index contributed by atoms with van der Waals surface area (Å²) in [7, 11) is 0. The fraction of sp³-hybridized carbons (Fsp3) is 0.714. The molecule has 1 aromatic heterocycles. The lowest BCUT2D eigenvalue weighted by atomic mass is 10.0. The van der Waals surface area contributed by atoms with Gasteiger partial charge in [-0.3, -0.25) is 0 Å². The van der Waals surface area contributed by atoms with Crippen molar-refractivity contribution in [1.82, 2.24) is 0 Å². The van der Waals surface area contributed by atoms with E-state index >= 15 is 0 Å². The van der Waals surface area contributed by atoms with Crippen LogP contribution in [0, 0.1) is 31.6 Å². The second-order valence-electron chi connectivity index (χ2n) is 5.58. The molecule has 1 aromatic rings. The second kappa shape index (κ2) is 3.85. The molecule has 2 aliphatic carbocycles. The largest absolute Gasteiger partial charge is 0.324 e. The van der Waals surface area contributed by atoms with Crippen molar-refractivity contribution in [3.63, 3.8) is 0 Å². The van der Waals surface area contributed by atoms with Gasteiger partial charge in [-0.05, 0) is 56.1 Å². The van der Waals surface area contributed by atoms with E-state index in [1.165, 1.54) is 41.0 Å². The van der Waals surface area contributed by atoms with Gasteiger partial charge in [0, 0.05) is 15.8 Å². The van der Waals surface area contributed by atoms with E-state index < -0.39 is 0 Å². The van der Waals surface area contributed by atoms with Crippen molar-refractivity contribution < 1.29 is 0 Å². The Morgan fingerprint density at radius 1 is 1.25 bits per heavy atom. The molecule has 0 aliphatic heterocycles. The molecule has 3 atom stereocenters. The van der Waals surface area contributed by atoms with Crippen LogP contribution in [0.2, 0.25) is 0 Å². The summed E-state index contributed by atoms with van der Waals surface area (Å²) in [6.07, 6.45) is 5.74. The minimum Gasteiger partial charge on any atom is -0.324 e. The van der Waals surface area contributed by atoms with Crippen LogP contribution in [-0.2, 0) is 0 Å². The van der Waals surface area contributed by atoms with Gasteiger partial charge in [-0.1, -0.05) is 12.8 Å². The summed E-state index contributed by atoms with van der Waals surface area (Å²) in [6.45, 7) is 4.41. The van der Waals surface area contributed by atoms with Crippen LogP contribution in [0.4, 0.5) is 0 Å². The van der Waals surface area contributed by atoms with Crippen molar-refractivity contribution in [1.29, 1.82) is 0 Å². The third-order valence-electron chi connectivity index (χ3n) is 4.58. The van der Waals surface area contributed by atoms with E-state index in [0.29, 0.717) is 6.04 Å². The molecule has 88 valence electrons. The van der Waals surface area contributed by atoms with Gasteiger partial charge in [0.1, 0.15) is 0 Å². The van der Waals surface area contributed by atoms with Gasteiger partial charge in [-0.2, -0.15) is 0 Å². The minimum atomic E-state index is 0.318. The molecule has 2 saturated carbocycles. The molecule has 0 spiro atoms. The van der Waals surface area contributed by atoms with Gasteiger partial charge >= 0.3 is 0 Å². The van der Waals surface area contributed by atoms with Crippen LogP contribution in [0.5, 0.6) is 0 Å². The van der Waals surface area contributed by atoms with Crippen LogP contribution in [-0.4, -0.2) is 0 Å². The van der Waals surface area contributed by atoms with Crippen molar-refractivity contribution >= 4 is 11.3 Å². The summed E-state index contributed by atoms with van der Waals surface area (Å²) >= 11 is 1.90. The van der Waals surface area contributed by atoms with E-state index in [4.69, 9.17) is 5.73 Å². The Morgan fingerprint density at radius 2 is 1.88 bits per heavy atom. The molecule has 0 aromatic carbocycles. The predicted molar refractivity (Wildman–Crippen MR) is 69.7 cm³/mol. The molecular formula is C14H21NS. The predicted octanol–water partition coefficient (Wildman–Crippen LogP) is 3.80. The number of nitrogens with two attached hydrogens (primary N) is 1. The molecule has 2 aliphatic rings. The van der Waals surface area contributed by atoms with Gasteiger partial charge in [0.25, 0.3) is 0 Å². The van der Waals surface area contributed by atoms with Gasteiger partial charge in [-0.25, -0.2) is 0 Å². The molecule has 1 nitrogen and oxygen atoms in total. The monoisotopic (exact) mass is 235 g/mol. The van der Waals surface area contributed by atoms with Crippen molar-refractivity contribution in [2.45, 2.75) is 45.6 Å². The summed E-state index contributed by atoms with van der Waals surface area (Å²) in [5.41, 5.74) is 7.91. The third-order valence-corrected chi connectivity index (χ3v) is 5.56. The SMILES string of the molecule is Cc1cc(C(N)C2C3CCCCC32)c(C)s1. The van der Waals surface area contributed by atoms with Crippen LogP contribution in [0.3, 0.4) is 0 Å². The average molecular weight is 235 g/mol. The minimum absolute atomic E-state index is 0.318. The normalized spacial score (nSPS) is 34.6. The summed E-state index contributed by atoms with van der Waals surface area (Å²) in [5.74, 6) is 2.72. The van der Waals surface area contributed by atoms with Gasteiger partial charge < -0.3 is 5.73 Å². The van der Waals surface area contributed by atoms with E-state index in [-0.39, 0.29) is 0 Å². The molecule has 2 N–H and O–H groups in total. The number of rotatable bonds is 2. The lowest BCUT2D eigenvalue weighted by Gasteiger charge is -2.11. The zero-order valence-corrected chi connectivity index (χ0v) is 11.0. The van der Waals surface area contributed by atoms with E-state index in [0.717, 1.165) is 17.8 Å². The molecule has 0 bridgehead atoms. The number of aryl methyl sites for hydroxylation is 2. The number of fused-ring (bicyclic) bond motifs is 1. The van der Waals surface area contributed by atoms with Crippen molar-refractivity contribution in [2.75, 3.05) is 0 Å². The maximum absolute atomic E-state index is 6.48. The van der Waals surface area contributed by atoms with E-state index in [1.807, 2.05) is 11.3 Å². The number of thiophene rings is 1. The van der Waals surface area contributed by atoms with Gasteiger partial charge in [0.05, 0.1) is 0 Å². The standard InChI is InChI=1S/C14H21NS/c1-8-7-12(9(2)16-8)14(15)13-10-5-3-4-6-11(10)13/h7,10-11,13-14H,3-6,15H2,1-2H3. The van der Waals surface area contributed by atoms with E-state index in [9.17, 15) is 0 Å². The molecule has 3 rings (SSSR count). The van der Waals surface area contributed by atoms with Gasteiger partial charge in [0.15, 0.2) is 0 Å². The van der Waals surface area contributed by atoms with Crippen LogP contribution in [0.25, 0.3) is 0 Å². The zero-order valence-electron chi connectivity index (χ0n) is 10.2. The highest BCUT2D eigenvalue weighted by Crippen LogP contribution is 2.60. The van der Waals surface area contributed by atoms with Crippen LogP contribution < -0.4 is 5.73 Å². The Labute approximate surface area is 102 Å². The summed E-state index contributed by atoms with van der Waals surface area (Å²) in [5, 5.41) is 0. The number of hydrogen-bond donors (Lipinski definition) is 1. The van der Waals surface area contributed by atoms with Crippen LogP contribution >= 0.6 is 11.3 Å². The smallest absolute Gasteiger partial charge is 0.0340 e. The molecular weight excluding hydrogens is 214 g/mol. The molecule has 0 saturated heterocycles. The average Bonchev–Trinajstić information content (AvgIpc) is 2.89. The quantitative estimate of drug-likeness (QED) is 0.829. The zero-order chi connectivity index (χ0) is 11.3. The first-order chi connectivity index (χ1) is 7.68. The fourth-order valence-electron chi connectivity index (χ4n) is 3.77. The molecule has 1 heterocycles. The lowest BCUT2D eigenvalue weighted by molar-refractivity contribution is 0.480. The molecule has 16 heavy (non-hydrogen) atoms. The lowest BCUT2D eigenvalue weighted by Crippen LogP contribution is -2.14. The Balaban J connectivity index is 1.78. The van der Waals surface area contributed by atoms with E-state index in [2.05, 4.69) is 19.9 Å². The summed E-state index contributed by atoms with van der Waals surface area (Å²) in [4.78, 5) is 2.85. The maximum Gasteiger partial charge on any atom is 0.0340 e. The van der Waals surface area contributed by atoms with Crippen LogP contribution in [0.1, 0.15) is 47.0 Å². The first kappa shape index (κ1) is 10.8. The fourth-order valence-corrected chi connectivity index (χ4v) is 4.75. The van der Waals surface area contributed by atoms with Crippen LogP contribution in [0.15, 0.2) is 6.07 Å². The molecule has 3 unspecified atom stereocenters. The number of hydrogen-bond acceptors (Lipinski definition) is 2. The Kier molecular flexibility index (Phi) is 2.60. The third kappa shape index (κ3) is 1.63. The Hall–Kier alpha value is -0.340. The summed E-state index contributed by atoms with van der Waals surface area (Å²) < 4.78 is 0. The molecule has 2 heteroatoms. The van der Waals surface area contributed by atoms with E-state index in [1.54, 1.807) is 0 Å². The molecule has 0 amide bonds. The maximum atomic E-state index is 6.48. The first-order valence-corrected chi connectivity index (χ1v) is 7.32. The highest BCUT2D eigenvalue weighted by Gasteiger charge is 2.53. The molecule has 2 fully saturated rings. The van der Waals surface area contributed by atoms with Crippen molar-refractivity contribution in [3.8, 4) is 0 Å². The summed E-state index contributed by atoms with van der Waals surface area (Å²) in [6, 6.07) is 2.63.